The Balaban J connectivity index is 2.23. The van der Waals surface area contributed by atoms with Crippen molar-refractivity contribution >= 4 is 5.95 Å². The Morgan fingerprint density at radius 1 is 1.29 bits per heavy atom. The summed E-state index contributed by atoms with van der Waals surface area (Å²) in [5.74, 6) is 0.912. The molecule has 17 heavy (non-hydrogen) atoms. The third kappa shape index (κ3) is 2.94. The molecular formula is C13H22N4. The van der Waals surface area contributed by atoms with Crippen LogP contribution in [0.15, 0.2) is 6.07 Å². The van der Waals surface area contributed by atoms with Crippen molar-refractivity contribution in [1.82, 2.24) is 15.3 Å². The summed E-state index contributed by atoms with van der Waals surface area (Å²) in [6.45, 7) is 9.51. The van der Waals surface area contributed by atoms with E-state index in [0.29, 0.717) is 6.04 Å². The number of piperazine rings is 1. The molecule has 1 aliphatic rings. The SMILES string of the molecule is CCc1cc(CC)nc(N2CCNC(C)C2)n1. The summed E-state index contributed by atoms with van der Waals surface area (Å²) in [5, 5.41) is 3.44. The molecule has 1 aromatic heterocycles. The maximum absolute atomic E-state index is 4.64. The molecule has 1 saturated heterocycles. The normalized spacial score (nSPS) is 20.6. The van der Waals surface area contributed by atoms with Crippen molar-refractivity contribution in [3.8, 4) is 0 Å². The molecule has 1 atom stereocenters. The molecule has 0 spiro atoms. The van der Waals surface area contributed by atoms with E-state index in [1.165, 1.54) is 0 Å². The van der Waals surface area contributed by atoms with Crippen molar-refractivity contribution in [2.45, 2.75) is 39.7 Å². The van der Waals surface area contributed by atoms with E-state index < -0.39 is 0 Å². The Hall–Kier alpha value is -1.16. The van der Waals surface area contributed by atoms with Crippen LogP contribution in [0.25, 0.3) is 0 Å². The molecule has 2 rings (SSSR count). The van der Waals surface area contributed by atoms with E-state index in [9.17, 15) is 0 Å². The van der Waals surface area contributed by atoms with Gasteiger partial charge in [-0.2, -0.15) is 0 Å². The van der Waals surface area contributed by atoms with Gasteiger partial charge in [0.1, 0.15) is 0 Å². The minimum absolute atomic E-state index is 0.516. The Kier molecular flexibility index (Phi) is 3.94. The minimum Gasteiger partial charge on any atom is -0.338 e. The lowest BCUT2D eigenvalue weighted by molar-refractivity contribution is 0.478. The van der Waals surface area contributed by atoms with E-state index in [1.54, 1.807) is 0 Å². The molecule has 94 valence electrons. The van der Waals surface area contributed by atoms with Gasteiger partial charge in [0.25, 0.3) is 0 Å². The lowest BCUT2D eigenvalue weighted by Gasteiger charge is -2.32. The highest BCUT2D eigenvalue weighted by molar-refractivity contribution is 5.34. The number of rotatable bonds is 3. The molecule has 4 nitrogen and oxygen atoms in total. The van der Waals surface area contributed by atoms with Gasteiger partial charge in [0.2, 0.25) is 5.95 Å². The average Bonchev–Trinajstić information content (AvgIpc) is 2.38. The van der Waals surface area contributed by atoms with E-state index in [4.69, 9.17) is 0 Å². The molecule has 0 bridgehead atoms. The molecule has 0 radical (unpaired) electrons. The van der Waals surface area contributed by atoms with Crippen LogP contribution in [-0.4, -0.2) is 35.6 Å². The largest absolute Gasteiger partial charge is 0.338 e. The Morgan fingerprint density at radius 3 is 2.47 bits per heavy atom. The number of nitrogens with one attached hydrogen (secondary N) is 1. The first-order valence-corrected chi connectivity index (χ1v) is 6.58. The third-order valence-corrected chi connectivity index (χ3v) is 3.20. The summed E-state index contributed by atoms with van der Waals surface area (Å²) in [7, 11) is 0. The highest BCUT2D eigenvalue weighted by atomic mass is 15.3. The van der Waals surface area contributed by atoms with Crippen LogP contribution < -0.4 is 10.2 Å². The zero-order chi connectivity index (χ0) is 12.3. The second kappa shape index (κ2) is 5.45. The molecule has 4 heteroatoms. The molecule has 1 N–H and O–H groups in total. The Morgan fingerprint density at radius 2 is 1.94 bits per heavy atom. The first kappa shape index (κ1) is 12.3. The first-order chi connectivity index (χ1) is 8.22. The molecule has 0 saturated carbocycles. The monoisotopic (exact) mass is 234 g/mol. The smallest absolute Gasteiger partial charge is 0.225 e. The van der Waals surface area contributed by atoms with Crippen LogP contribution >= 0.6 is 0 Å². The molecule has 0 amide bonds. The van der Waals surface area contributed by atoms with Crippen LogP contribution in [0.5, 0.6) is 0 Å². The molecule has 2 heterocycles. The van der Waals surface area contributed by atoms with E-state index >= 15 is 0 Å². The van der Waals surface area contributed by atoms with E-state index in [0.717, 1.165) is 49.8 Å². The van der Waals surface area contributed by atoms with Crippen molar-refractivity contribution < 1.29 is 0 Å². The van der Waals surface area contributed by atoms with Gasteiger partial charge in [-0.25, -0.2) is 9.97 Å². The lowest BCUT2D eigenvalue weighted by Crippen LogP contribution is -2.50. The van der Waals surface area contributed by atoms with Gasteiger partial charge >= 0.3 is 0 Å². The van der Waals surface area contributed by atoms with E-state index in [1.807, 2.05) is 0 Å². The van der Waals surface area contributed by atoms with Crippen LogP contribution in [0.4, 0.5) is 5.95 Å². The van der Waals surface area contributed by atoms with Crippen LogP contribution in [0.1, 0.15) is 32.2 Å². The third-order valence-electron chi connectivity index (χ3n) is 3.20. The number of hydrogen-bond acceptors (Lipinski definition) is 4. The lowest BCUT2D eigenvalue weighted by atomic mass is 10.2. The molecule has 0 aromatic carbocycles. The van der Waals surface area contributed by atoms with Crippen molar-refractivity contribution in [3.63, 3.8) is 0 Å². The summed E-state index contributed by atoms with van der Waals surface area (Å²) in [6.07, 6.45) is 1.95. The van der Waals surface area contributed by atoms with Gasteiger partial charge in [-0.3, -0.25) is 0 Å². The zero-order valence-electron chi connectivity index (χ0n) is 11.0. The molecule has 1 aromatic rings. The van der Waals surface area contributed by atoms with Gasteiger partial charge in [0.15, 0.2) is 0 Å². The highest BCUT2D eigenvalue weighted by Gasteiger charge is 2.18. The second-order valence-electron chi connectivity index (χ2n) is 4.66. The second-order valence-corrected chi connectivity index (χ2v) is 4.66. The van der Waals surface area contributed by atoms with Gasteiger partial charge < -0.3 is 10.2 Å². The first-order valence-electron chi connectivity index (χ1n) is 6.58. The molecule has 1 unspecified atom stereocenters. The van der Waals surface area contributed by atoms with Gasteiger partial charge in [0.05, 0.1) is 0 Å². The topological polar surface area (TPSA) is 41.1 Å². The summed E-state index contributed by atoms with van der Waals surface area (Å²) in [4.78, 5) is 11.6. The number of aryl methyl sites for hydroxylation is 2. The summed E-state index contributed by atoms with van der Waals surface area (Å²) >= 11 is 0. The van der Waals surface area contributed by atoms with E-state index in [2.05, 4.69) is 47.0 Å². The summed E-state index contributed by atoms with van der Waals surface area (Å²) in [6, 6.07) is 2.64. The van der Waals surface area contributed by atoms with Gasteiger partial charge in [-0.15, -0.1) is 0 Å². The predicted octanol–water partition coefficient (Wildman–Crippen LogP) is 1.40. The Bertz CT molecular complexity index is 355. The van der Waals surface area contributed by atoms with Crippen molar-refractivity contribution in [1.29, 1.82) is 0 Å². The molecule has 1 aliphatic heterocycles. The molecule has 1 fully saturated rings. The molecular weight excluding hydrogens is 212 g/mol. The maximum Gasteiger partial charge on any atom is 0.225 e. The van der Waals surface area contributed by atoms with Crippen LogP contribution in [0.3, 0.4) is 0 Å². The van der Waals surface area contributed by atoms with Crippen molar-refractivity contribution in [2.24, 2.45) is 0 Å². The predicted molar refractivity (Wildman–Crippen MR) is 70.5 cm³/mol. The molecule has 0 aliphatic carbocycles. The van der Waals surface area contributed by atoms with Gasteiger partial charge in [0, 0.05) is 37.1 Å². The van der Waals surface area contributed by atoms with Crippen LogP contribution in [-0.2, 0) is 12.8 Å². The number of hydrogen-bond donors (Lipinski definition) is 1. The fourth-order valence-electron chi connectivity index (χ4n) is 2.16. The number of nitrogens with zero attached hydrogens (tertiary/aromatic N) is 3. The fourth-order valence-corrected chi connectivity index (χ4v) is 2.16. The van der Waals surface area contributed by atoms with Gasteiger partial charge in [-0.05, 0) is 25.8 Å². The Labute approximate surface area is 103 Å². The summed E-state index contributed by atoms with van der Waals surface area (Å²) < 4.78 is 0. The number of anilines is 1. The van der Waals surface area contributed by atoms with Crippen molar-refractivity contribution in [3.05, 3.63) is 17.5 Å². The van der Waals surface area contributed by atoms with Crippen LogP contribution in [0, 0.1) is 0 Å². The zero-order valence-corrected chi connectivity index (χ0v) is 11.0. The maximum atomic E-state index is 4.64. The average molecular weight is 234 g/mol. The number of aromatic nitrogens is 2. The minimum atomic E-state index is 0.516. The van der Waals surface area contributed by atoms with Crippen LogP contribution in [0.2, 0.25) is 0 Å². The fraction of sp³-hybridized carbons (Fsp3) is 0.692. The van der Waals surface area contributed by atoms with Crippen molar-refractivity contribution in [2.75, 3.05) is 24.5 Å². The van der Waals surface area contributed by atoms with E-state index in [-0.39, 0.29) is 0 Å². The quantitative estimate of drug-likeness (QED) is 0.858. The summed E-state index contributed by atoms with van der Waals surface area (Å²) in [5.41, 5.74) is 2.30. The van der Waals surface area contributed by atoms with Gasteiger partial charge in [-0.1, -0.05) is 13.8 Å². The standard InChI is InChI=1S/C13H22N4/c1-4-11-8-12(5-2)16-13(15-11)17-7-6-14-10(3)9-17/h8,10,14H,4-7,9H2,1-3H3. The highest BCUT2D eigenvalue weighted by Crippen LogP contribution is 2.13.